The summed E-state index contributed by atoms with van der Waals surface area (Å²) in [4.78, 5) is 11.9. The van der Waals surface area contributed by atoms with E-state index in [0.29, 0.717) is 18.3 Å². The highest BCUT2D eigenvalue weighted by atomic mass is 16.5. The van der Waals surface area contributed by atoms with Crippen molar-refractivity contribution in [2.45, 2.75) is 46.0 Å². The normalized spacial score (nSPS) is 24.8. The highest BCUT2D eigenvalue weighted by molar-refractivity contribution is 5.81. The maximum absolute atomic E-state index is 11.9. The quantitative estimate of drug-likeness (QED) is 0.626. The lowest BCUT2D eigenvalue weighted by atomic mass is 9.74. The minimum absolute atomic E-state index is 0.244. The van der Waals surface area contributed by atoms with E-state index < -0.39 is 0 Å². The molecular weight excluding hydrogens is 228 g/mol. The first-order valence-electron chi connectivity index (χ1n) is 7.24. The Morgan fingerprint density at radius 3 is 2.72 bits per heavy atom. The van der Waals surface area contributed by atoms with Gasteiger partial charge in [-0.15, -0.1) is 0 Å². The van der Waals surface area contributed by atoms with E-state index in [9.17, 15) is 4.79 Å². The number of ketones is 1. The molecule has 1 fully saturated rings. The van der Waals surface area contributed by atoms with E-state index in [2.05, 4.69) is 13.8 Å². The van der Waals surface area contributed by atoms with Gasteiger partial charge >= 0.3 is 0 Å². The highest BCUT2D eigenvalue weighted by Crippen LogP contribution is 2.33. The molecule has 0 aromatic carbocycles. The second kappa shape index (κ2) is 8.65. The Hall–Kier alpha value is -0.410. The predicted molar refractivity (Wildman–Crippen MR) is 72.6 cm³/mol. The number of Topliss-reactive ketones (excluding diaryl/α,β-unsaturated/α-hetero) is 1. The van der Waals surface area contributed by atoms with Gasteiger partial charge in [-0.1, -0.05) is 13.8 Å². The molecule has 106 valence electrons. The van der Waals surface area contributed by atoms with Crippen molar-refractivity contribution in [3.63, 3.8) is 0 Å². The molecule has 3 nitrogen and oxygen atoms in total. The largest absolute Gasteiger partial charge is 0.385 e. The van der Waals surface area contributed by atoms with E-state index >= 15 is 0 Å². The van der Waals surface area contributed by atoms with Crippen LogP contribution in [0.5, 0.6) is 0 Å². The van der Waals surface area contributed by atoms with Crippen molar-refractivity contribution in [1.29, 1.82) is 0 Å². The third-order valence-electron chi connectivity index (χ3n) is 3.99. The van der Waals surface area contributed by atoms with Crippen molar-refractivity contribution < 1.29 is 14.3 Å². The molecule has 1 aliphatic carbocycles. The van der Waals surface area contributed by atoms with E-state index in [1.165, 1.54) is 0 Å². The second-order valence-corrected chi connectivity index (χ2v) is 5.69. The summed E-state index contributed by atoms with van der Waals surface area (Å²) in [5.41, 5.74) is 0. The molecule has 2 atom stereocenters. The molecule has 1 saturated carbocycles. The number of carbonyl (C=O) groups is 1. The molecule has 0 aromatic heterocycles. The molecule has 0 heterocycles. The minimum Gasteiger partial charge on any atom is -0.385 e. The van der Waals surface area contributed by atoms with E-state index in [-0.39, 0.29) is 5.92 Å². The van der Waals surface area contributed by atoms with Gasteiger partial charge in [0.15, 0.2) is 0 Å². The number of carbonyl (C=O) groups excluding carboxylic acids is 1. The lowest BCUT2D eigenvalue weighted by molar-refractivity contribution is -0.126. The minimum atomic E-state index is 0.244. The maximum atomic E-state index is 11.9. The van der Waals surface area contributed by atoms with Crippen LogP contribution in [0.3, 0.4) is 0 Å². The van der Waals surface area contributed by atoms with Gasteiger partial charge in [0.1, 0.15) is 5.78 Å². The topological polar surface area (TPSA) is 35.5 Å². The van der Waals surface area contributed by atoms with Crippen LogP contribution >= 0.6 is 0 Å². The molecule has 0 aromatic rings. The van der Waals surface area contributed by atoms with Crippen LogP contribution in [0.4, 0.5) is 0 Å². The van der Waals surface area contributed by atoms with Gasteiger partial charge in [0.2, 0.25) is 0 Å². The zero-order valence-electron chi connectivity index (χ0n) is 12.1. The number of rotatable bonds is 8. The smallest absolute Gasteiger partial charge is 0.136 e. The lowest BCUT2D eigenvalue weighted by Gasteiger charge is -2.30. The summed E-state index contributed by atoms with van der Waals surface area (Å²) < 4.78 is 10.5. The molecule has 1 aliphatic rings. The second-order valence-electron chi connectivity index (χ2n) is 5.69. The van der Waals surface area contributed by atoms with Crippen LogP contribution in [-0.4, -0.2) is 32.7 Å². The molecule has 0 radical (unpaired) electrons. The van der Waals surface area contributed by atoms with Gasteiger partial charge < -0.3 is 9.47 Å². The van der Waals surface area contributed by atoms with Crippen molar-refractivity contribution in [2.24, 2.45) is 17.8 Å². The van der Waals surface area contributed by atoms with Crippen LogP contribution in [0.2, 0.25) is 0 Å². The van der Waals surface area contributed by atoms with Crippen LogP contribution in [-0.2, 0) is 14.3 Å². The average Bonchev–Trinajstić information content (AvgIpc) is 2.35. The van der Waals surface area contributed by atoms with Gasteiger partial charge in [0.25, 0.3) is 0 Å². The molecular formula is C15H28O3. The molecule has 2 unspecified atom stereocenters. The number of hydrogen-bond acceptors (Lipinski definition) is 3. The summed E-state index contributed by atoms with van der Waals surface area (Å²) in [6.45, 7) is 6.72. The van der Waals surface area contributed by atoms with Crippen molar-refractivity contribution in [3.8, 4) is 0 Å². The summed E-state index contributed by atoms with van der Waals surface area (Å²) in [5.74, 6) is 2.12. The van der Waals surface area contributed by atoms with Crippen molar-refractivity contribution in [1.82, 2.24) is 0 Å². The van der Waals surface area contributed by atoms with Crippen molar-refractivity contribution in [3.05, 3.63) is 0 Å². The Bertz CT molecular complexity index is 238. The zero-order chi connectivity index (χ0) is 13.4. The van der Waals surface area contributed by atoms with Gasteiger partial charge in [-0.25, -0.2) is 0 Å². The summed E-state index contributed by atoms with van der Waals surface area (Å²) >= 11 is 0. The number of ether oxygens (including phenoxy) is 2. The fraction of sp³-hybridized carbons (Fsp3) is 0.933. The molecule has 0 bridgehead atoms. The van der Waals surface area contributed by atoms with Crippen molar-refractivity contribution >= 4 is 5.78 Å². The fourth-order valence-corrected chi connectivity index (χ4v) is 2.66. The maximum Gasteiger partial charge on any atom is 0.136 e. The zero-order valence-corrected chi connectivity index (χ0v) is 12.1. The number of methoxy groups -OCH3 is 1. The lowest BCUT2D eigenvalue weighted by Crippen LogP contribution is -2.28. The van der Waals surface area contributed by atoms with Gasteiger partial charge in [0.05, 0.1) is 0 Å². The molecule has 0 amide bonds. The van der Waals surface area contributed by atoms with Crippen LogP contribution < -0.4 is 0 Å². The van der Waals surface area contributed by atoms with Crippen LogP contribution in [0.15, 0.2) is 0 Å². The molecule has 1 rings (SSSR count). The summed E-state index contributed by atoms with van der Waals surface area (Å²) in [6.07, 6.45) is 4.76. The SMILES string of the molecule is COCCCOCCC1CC(C(C)C)CCC1=O. The Labute approximate surface area is 111 Å². The third-order valence-corrected chi connectivity index (χ3v) is 3.99. The monoisotopic (exact) mass is 256 g/mol. The molecule has 0 saturated heterocycles. The molecule has 0 aliphatic heterocycles. The first-order chi connectivity index (χ1) is 8.65. The van der Waals surface area contributed by atoms with Crippen LogP contribution in [0, 0.1) is 17.8 Å². The van der Waals surface area contributed by atoms with Crippen LogP contribution in [0.1, 0.15) is 46.0 Å². The summed E-state index contributed by atoms with van der Waals surface area (Å²) in [7, 11) is 1.70. The van der Waals surface area contributed by atoms with Gasteiger partial charge in [0, 0.05) is 39.3 Å². The molecule has 0 spiro atoms. The Morgan fingerprint density at radius 1 is 1.28 bits per heavy atom. The third kappa shape index (κ3) is 5.49. The van der Waals surface area contributed by atoms with E-state index in [1.807, 2.05) is 0 Å². The Morgan fingerprint density at radius 2 is 2.06 bits per heavy atom. The summed E-state index contributed by atoms with van der Waals surface area (Å²) in [5, 5.41) is 0. The van der Waals surface area contributed by atoms with Crippen molar-refractivity contribution in [2.75, 3.05) is 26.9 Å². The first-order valence-corrected chi connectivity index (χ1v) is 7.24. The predicted octanol–water partition coefficient (Wildman–Crippen LogP) is 3.07. The van der Waals surface area contributed by atoms with Gasteiger partial charge in [-0.05, 0) is 37.5 Å². The standard InChI is InChI=1S/C15H28O3/c1-12(2)13-5-6-15(16)14(11-13)7-10-18-9-4-8-17-3/h12-14H,4-11H2,1-3H3. The highest BCUT2D eigenvalue weighted by Gasteiger charge is 2.29. The Balaban J connectivity index is 2.17. The molecule has 3 heteroatoms. The average molecular weight is 256 g/mol. The van der Waals surface area contributed by atoms with E-state index in [1.54, 1.807) is 7.11 Å². The van der Waals surface area contributed by atoms with E-state index in [0.717, 1.165) is 51.2 Å². The Kier molecular flexibility index (Phi) is 7.52. The molecule has 18 heavy (non-hydrogen) atoms. The summed E-state index contributed by atoms with van der Waals surface area (Å²) in [6, 6.07) is 0. The van der Waals surface area contributed by atoms with Gasteiger partial charge in [-0.3, -0.25) is 4.79 Å². The fourth-order valence-electron chi connectivity index (χ4n) is 2.66. The number of hydrogen-bond donors (Lipinski definition) is 0. The van der Waals surface area contributed by atoms with Gasteiger partial charge in [-0.2, -0.15) is 0 Å². The van der Waals surface area contributed by atoms with E-state index in [4.69, 9.17) is 9.47 Å². The molecule has 0 N–H and O–H groups in total. The van der Waals surface area contributed by atoms with Crippen LogP contribution in [0.25, 0.3) is 0 Å². The first kappa shape index (κ1) is 15.6.